The van der Waals surface area contributed by atoms with Crippen LogP contribution in [0.15, 0.2) is 23.8 Å². The SMILES string of the molecule is COCCNCc1cccn1CCc1scnc1C. The van der Waals surface area contributed by atoms with Crippen molar-refractivity contribution in [1.29, 1.82) is 0 Å². The van der Waals surface area contributed by atoms with Crippen LogP contribution in [0.4, 0.5) is 0 Å². The smallest absolute Gasteiger partial charge is 0.0797 e. The molecule has 0 fully saturated rings. The summed E-state index contributed by atoms with van der Waals surface area (Å²) in [5, 5.41) is 3.38. The Morgan fingerprint density at radius 1 is 1.47 bits per heavy atom. The van der Waals surface area contributed by atoms with E-state index in [2.05, 4.69) is 40.1 Å². The fourth-order valence-electron chi connectivity index (χ4n) is 2.01. The minimum atomic E-state index is 0.751. The van der Waals surface area contributed by atoms with Gasteiger partial charge in [-0.05, 0) is 19.1 Å². The van der Waals surface area contributed by atoms with Crippen molar-refractivity contribution >= 4 is 11.3 Å². The summed E-state index contributed by atoms with van der Waals surface area (Å²) in [5.74, 6) is 0. The van der Waals surface area contributed by atoms with Crippen molar-refractivity contribution in [1.82, 2.24) is 14.9 Å². The van der Waals surface area contributed by atoms with Crippen LogP contribution < -0.4 is 5.32 Å². The first-order valence-electron chi connectivity index (χ1n) is 6.54. The second-order valence-electron chi connectivity index (χ2n) is 4.47. The lowest BCUT2D eigenvalue weighted by molar-refractivity contribution is 0.199. The molecule has 0 aliphatic heterocycles. The fourth-order valence-corrected chi connectivity index (χ4v) is 2.78. The Morgan fingerprint density at radius 3 is 3.11 bits per heavy atom. The zero-order valence-electron chi connectivity index (χ0n) is 11.6. The van der Waals surface area contributed by atoms with Crippen LogP contribution in [0, 0.1) is 6.92 Å². The van der Waals surface area contributed by atoms with Gasteiger partial charge in [-0.15, -0.1) is 11.3 Å². The van der Waals surface area contributed by atoms with Gasteiger partial charge in [0.1, 0.15) is 0 Å². The topological polar surface area (TPSA) is 39.1 Å². The molecule has 0 amide bonds. The molecule has 0 unspecified atom stereocenters. The van der Waals surface area contributed by atoms with Crippen LogP contribution in [-0.4, -0.2) is 29.8 Å². The van der Waals surface area contributed by atoms with Gasteiger partial charge in [0, 0.05) is 49.9 Å². The van der Waals surface area contributed by atoms with E-state index in [-0.39, 0.29) is 0 Å². The average molecular weight is 279 g/mol. The normalized spacial score (nSPS) is 11.1. The Hall–Kier alpha value is -1.17. The molecule has 2 aromatic heterocycles. The predicted octanol–water partition coefficient (Wildman–Crippen LogP) is 2.23. The summed E-state index contributed by atoms with van der Waals surface area (Å²) in [4.78, 5) is 5.67. The number of hydrogen-bond donors (Lipinski definition) is 1. The van der Waals surface area contributed by atoms with Gasteiger partial charge in [-0.3, -0.25) is 0 Å². The van der Waals surface area contributed by atoms with E-state index in [1.54, 1.807) is 18.4 Å². The summed E-state index contributed by atoms with van der Waals surface area (Å²) < 4.78 is 7.33. The minimum Gasteiger partial charge on any atom is -0.383 e. The molecule has 2 heterocycles. The largest absolute Gasteiger partial charge is 0.383 e. The van der Waals surface area contributed by atoms with E-state index >= 15 is 0 Å². The van der Waals surface area contributed by atoms with Gasteiger partial charge in [0.2, 0.25) is 0 Å². The van der Waals surface area contributed by atoms with E-state index in [0.717, 1.165) is 38.4 Å². The number of nitrogens with zero attached hydrogens (tertiary/aromatic N) is 2. The van der Waals surface area contributed by atoms with Crippen LogP contribution in [0.2, 0.25) is 0 Å². The zero-order valence-corrected chi connectivity index (χ0v) is 12.4. The molecule has 19 heavy (non-hydrogen) atoms. The standard InChI is InChI=1S/C14H21N3OS/c1-12-14(19-11-16-12)5-8-17-7-3-4-13(17)10-15-6-9-18-2/h3-4,7,11,15H,5-6,8-10H2,1-2H3. The van der Waals surface area contributed by atoms with Crippen molar-refractivity contribution in [3.63, 3.8) is 0 Å². The Bertz CT molecular complexity index is 492. The Kier molecular flexibility index (Phi) is 5.57. The fraction of sp³-hybridized carbons (Fsp3) is 0.500. The van der Waals surface area contributed by atoms with E-state index in [0.29, 0.717) is 0 Å². The van der Waals surface area contributed by atoms with Crippen molar-refractivity contribution < 1.29 is 4.74 Å². The van der Waals surface area contributed by atoms with Gasteiger partial charge >= 0.3 is 0 Å². The van der Waals surface area contributed by atoms with Crippen LogP contribution in [0.3, 0.4) is 0 Å². The molecule has 0 saturated carbocycles. The van der Waals surface area contributed by atoms with Crippen molar-refractivity contribution in [2.24, 2.45) is 0 Å². The summed E-state index contributed by atoms with van der Waals surface area (Å²) in [6, 6.07) is 4.27. The highest BCUT2D eigenvalue weighted by atomic mass is 32.1. The van der Waals surface area contributed by atoms with E-state index in [4.69, 9.17) is 4.74 Å². The molecule has 104 valence electrons. The van der Waals surface area contributed by atoms with E-state index in [1.807, 2.05) is 5.51 Å². The molecule has 0 aliphatic rings. The number of aryl methyl sites for hydroxylation is 3. The molecule has 1 N–H and O–H groups in total. The number of hydrogen-bond acceptors (Lipinski definition) is 4. The third kappa shape index (κ3) is 4.16. The van der Waals surface area contributed by atoms with Crippen LogP contribution >= 0.6 is 11.3 Å². The molecule has 0 atom stereocenters. The maximum absolute atomic E-state index is 5.03. The summed E-state index contributed by atoms with van der Waals surface area (Å²) in [5.41, 5.74) is 4.41. The monoisotopic (exact) mass is 279 g/mol. The van der Waals surface area contributed by atoms with Gasteiger partial charge in [-0.2, -0.15) is 0 Å². The second kappa shape index (κ2) is 7.43. The summed E-state index contributed by atoms with van der Waals surface area (Å²) >= 11 is 1.75. The molecule has 0 radical (unpaired) electrons. The van der Waals surface area contributed by atoms with Gasteiger partial charge in [-0.1, -0.05) is 0 Å². The molecule has 5 heteroatoms. The third-order valence-corrected chi connectivity index (χ3v) is 4.13. The number of ether oxygens (including phenoxy) is 1. The lowest BCUT2D eigenvalue weighted by Crippen LogP contribution is -2.20. The van der Waals surface area contributed by atoms with Gasteiger partial charge < -0.3 is 14.6 Å². The summed E-state index contributed by atoms with van der Waals surface area (Å²) in [7, 11) is 1.72. The van der Waals surface area contributed by atoms with Crippen molar-refractivity contribution in [2.75, 3.05) is 20.3 Å². The second-order valence-corrected chi connectivity index (χ2v) is 5.41. The van der Waals surface area contributed by atoms with Gasteiger partial charge in [0.15, 0.2) is 0 Å². The highest BCUT2D eigenvalue weighted by Gasteiger charge is 2.04. The quantitative estimate of drug-likeness (QED) is 0.753. The van der Waals surface area contributed by atoms with Crippen molar-refractivity contribution in [3.05, 3.63) is 40.1 Å². The van der Waals surface area contributed by atoms with Crippen LogP contribution in [0.25, 0.3) is 0 Å². The molecular formula is C14H21N3OS. The number of thiazole rings is 1. The van der Waals surface area contributed by atoms with Crippen LogP contribution in [0.1, 0.15) is 16.3 Å². The van der Waals surface area contributed by atoms with E-state index in [1.165, 1.54) is 10.6 Å². The number of nitrogens with one attached hydrogen (secondary N) is 1. The molecule has 0 spiro atoms. The lowest BCUT2D eigenvalue weighted by atomic mass is 10.3. The predicted molar refractivity (Wildman–Crippen MR) is 78.6 cm³/mol. The van der Waals surface area contributed by atoms with Crippen molar-refractivity contribution in [3.8, 4) is 0 Å². The van der Waals surface area contributed by atoms with Gasteiger partial charge in [0.25, 0.3) is 0 Å². The Morgan fingerprint density at radius 2 is 2.37 bits per heavy atom. The first-order chi connectivity index (χ1) is 9.31. The van der Waals surface area contributed by atoms with Gasteiger partial charge in [-0.25, -0.2) is 4.98 Å². The number of methoxy groups -OCH3 is 1. The van der Waals surface area contributed by atoms with Crippen LogP contribution in [0.5, 0.6) is 0 Å². The number of rotatable bonds is 8. The van der Waals surface area contributed by atoms with Crippen LogP contribution in [-0.2, 0) is 24.2 Å². The summed E-state index contributed by atoms with van der Waals surface area (Å²) in [6.45, 7) is 5.61. The van der Waals surface area contributed by atoms with Gasteiger partial charge in [0.05, 0.1) is 17.8 Å². The van der Waals surface area contributed by atoms with E-state index < -0.39 is 0 Å². The molecule has 0 saturated heterocycles. The first-order valence-corrected chi connectivity index (χ1v) is 7.42. The average Bonchev–Trinajstić information content (AvgIpc) is 3.01. The highest BCUT2D eigenvalue weighted by Crippen LogP contribution is 2.14. The first kappa shape index (κ1) is 14.2. The maximum atomic E-state index is 5.03. The lowest BCUT2D eigenvalue weighted by Gasteiger charge is -2.10. The Labute approximate surface area is 118 Å². The molecular weight excluding hydrogens is 258 g/mol. The van der Waals surface area contributed by atoms with E-state index in [9.17, 15) is 0 Å². The summed E-state index contributed by atoms with van der Waals surface area (Å²) in [6.07, 6.45) is 3.19. The van der Waals surface area contributed by atoms with Crippen molar-refractivity contribution in [2.45, 2.75) is 26.4 Å². The zero-order chi connectivity index (χ0) is 13.5. The number of aromatic nitrogens is 2. The Balaban J connectivity index is 1.83. The molecule has 2 rings (SSSR count). The minimum absolute atomic E-state index is 0.751. The molecule has 0 aromatic carbocycles. The molecule has 0 bridgehead atoms. The molecule has 2 aromatic rings. The molecule has 0 aliphatic carbocycles. The molecule has 4 nitrogen and oxygen atoms in total. The third-order valence-electron chi connectivity index (χ3n) is 3.14. The highest BCUT2D eigenvalue weighted by molar-refractivity contribution is 7.09. The maximum Gasteiger partial charge on any atom is 0.0797 e.